The monoisotopic (exact) mass is 403 g/mol. The molecule has 1 aromatic carbocycles. The van der Waals surface area contributed by atoms with Gasteiger partial charge in [0.15, 0.2) is 0 Å². The molecule has 152 valence electrons. The van der Waals surface area contributed by atoms with Crippen molar-refractivity contribution in [1.82, 2.24) is 14.6 Å². The minimum atomic E-state index is -1.01. The Labute approximate surface area is 164 Å². The second kappa shape index (κ2) is 8.09. The van der Waals surface area contributed by atoms with Gasteiger partial charge in [0.2, 0.25) is 5.65 Å². The van der Waals surface area contributed by atoms with E-state index in [-0.39, 0.29) is 17.8 Å². The molecule has 0 radical (unpaired) electrons. The first-order valence-electron chi connectivity index (χ1n) is 8.68. The highest BCUT2D eigenvalue weighted by Gasteiger charge is 2.19. The van der Waals surface area contributed by atoms with Gasteiger partial charge in [-0.25, -0.2) is 13.9 Å². The van der Waals surface area contributed by atoms with Gasteiger partial charge >= 0.3 is 11.7 Å². The predicted molar refractivity (Wildman–Crippen MR) is 100 cm³/mol. The number of anilines is 1. The number of nitro groups is 1. The SMILES string of the molecule is C[C@@H](CC(=O)O)Oc1ccc(F)cc1[C@@H](C)Nc1ccn2ncc([N+](=O)[O-])c2n1. The van der Waals surface area contributed by atoms with Crippen LogP contribution in [0.25, 0.3) is 5.65 Å². The first-order chi connectivity index (χ1) is 13.7. The molecular weight excluding hydrogens is 385 g/mol. The molecule has 0 amide bonds. The number of ether oxygens (including phenoxy) is 1. The lowest BCUT2D eigenvalue weighted by molar-refractivity contribution is -0.383. The molecule has 0 aliphatic rings. The highest BCUT2D eigenvalue weighted by atomic mass is 19.1. The van der Waals surface area contributed by atoms with E-state index in [1.165, 1.54) is 28.9 Å². The number of aromatic nitrogens is 3. The van der Waals surface area contributed by atoms with Crippen LogP contribution in [0.15, 0.2) is 36.7 Å². The van der Waals surface area contributed by atoms with Crippen LogP contribution >= 0.6 is 0 Å². The summed E-state index contributed by atoms with van der Waals surface area (Å²) in [7, 11) is 0. The van der Waals surface area contributed by atoms with Crippen molar-refractivity contribution in [2.24, 2.45) is 0 Å². The molecule has 0 unspecified atom stereocenters. The minimum Gasteiger partial charge on any atom is -0.490 e. The summed E-state index contributed by atoms with van der Waals surface area (Å²) in [5.41, 5.74) is 0.281. The van der Waals surface area contributed by atoms with Gasteiger partial charge in [-0.15, -0.1) is 0 Å². The molecule has 2 heterocycles. The Kier molecular flexibility index (Phi) is 5.57. The molecule has 2 N–H and O–H groups in total. The standard InChI is InChI=1S/C18H18FN5O5/c1-10(7-17(25)26)29-15-4-3-12(19)8-13(15)11(2)21-16-5-6-23-18(22-16)14(9-20-23)24(27)28/h3-6,8-11H,7H2,1-2H3,(H,21,22)(H,25,26)/t10-,11+/m0/s1. The third-order valence-corrected chi connectivity index (χ3v) is 4.14. The Bertz CT molecular complexity index is 1070. The molecule has 2 aromatic heterocycles. The smallest absolute Gasteiger partial charge is 0.333 e. The van der Waals surface area contributed by atoms with Crippen LogP contribution in [-0.2, 0) is 4.79 Å². The van der Waals surface area contributed by atoms with Gasteiger partial charge in [-0.05, 0) is 38.1 Å². The van der Waals surface area contributed by atoms with E-state index in [0.29, 0.717) is 17.1 Å². The number of fused-ring (bicyclic) bond motifs is 1. The number of nitrogens with zero attached hydrogens (tertiary/aromatic N) is 4. The van der Waals surface area contributed by atoms with Crippen molar-refractivity contribution in [3.05, 3.63) is 58.2 Å². The van der Waals surface area contributed by atoms with Crippen LogP contribution in [-0.4, -0.2) is 36.7 Å². The lowest BCUT2D eigenvalue weighted by atomic mass is 10.1. The first kappa shape index (κ1) is 20.0. The summed E-state index contributed by atoms with van der Waals surface area (Å²) < 4.78 is 20.8. The van der Waals surface area contributed by atoms with Crippen molar-refractivity contribution in [3.63, 3.8) is 0 Å². The zero-order chi connectivity index (χ0) is 21.1. The first-order valence-corrected chi connectivity index (χ1v) is 8.68. The van der Waals surface area contributed by atoms with Crippen LogP contribution in [0, 0.1) is 15.9 Å². The van der Waals surface area contributed by atoms with Gasteiger partial charge in [-0.1, -0.05) is 0 Å². The number of carboxylic acid groups (broad SMARTS) is 1. The van der Waals surface area contributed by atoms with Crippen molar-refractivity contribution in [1.29, 1.82) is 0 Å². The number of hydrogen-bond acceptors (Lipinski definition) is 7. The number of nitrogens with one attached hydrogen (secondary N) is 1. The molecule has 0 saturated heterocycles. The molecule has 0 saturated carbocycles. The van der Waals surface area contributed by atoms with Crippen molar-refractivity contribution in [3.8, 4) is 5.75 Å². The van der Waals surface area contributed by atoms with E-state index in [9.17, 15) is 19.3 Å². The Balaban J connectivity index is 1.86. The van der Waals surface area contributed by atoms with Crippen molar-refractivity contribution < 1.29 is 24.0 Å². The maximum Gasteiger partial charge on any atom is 0.333 e. The largest absolute Gasteiger partial charge is 0.490 e. The number of hydrogen-bond donors (Lipinski definition) is 2. The Morgan fingerprint density at radius 2 is 2.17 bits per heavy atom. The molecule has 0 bridgehead atoms. The number of carboxylic acids is 1. The molecule has 0 aliphatic heterocycles. The number of halogens is 1. The highest BCUT2D eigenvalue weighted by Crippen LogP contribution is 2.30. The Hall–Kier alpha value is -3.76. The fourth-order valence-electron chi connectivity index (χ4n) is 2.83. The quantitative estimate of drug-likeness (QED) is 0.433. The van der Waals surface area contributed by atoms with Gasteiger partial charge in [0.25, 0.3) is 0 Å². The zero-order valence-electron chi connectivity index (χ0n) is 15.6. The van der Waals surface area contributed by atoms with E-state index in [1.54, 1.807) is 19.9 Å². The summed E-state index contributed by atoms with van der Waals surface area (Å²) in [6.45, 7) is 3.34. The Morgan fingerprint density at radius 1 is 1.41 bits per heavy atom. The fourth-order valence-corrected chi connectivity index (χ4v) is 2.83. The summed E-state index contributed by atoms with van der Waals surface area (Å²) in [5, 5.41) is 26.9. The number of aliphatic carboxylic acids is 1. The molecule has 29 heavy (non-hydrogen) atoms. The van der Waals surface area contributed by atoms with Crippen LogP contribution in [0.1, 0.15) is 31.9 Å². The summed E-state index contributed by atoms with van der Waals surface area (Å²) in [6.07, 6.45) is 1.80. The van der Waals surface area contributed by atoms with Crippen LogP contribution in [0.2, 0.25) is 0 Å². The average Bonchev–Trinajstić information content (AvgIpc) is 3.06. The van der Waals surface area contributed by atoms with Crippen molar-refractivity contribution in [2.45, 2.75) is 32.4 Å². The van der Waals surface area contributed by atoms with E-state index in [1.807, 2.05) is 0 Å². The van der Waals surface area contributed by atoms with E-state index in [4.69, 9.17) is 9.84 Å². The second-order valence-electron chi connectivity index (χ2n) is 6.44. The molecular formula is C18H18FN5O5. The third kappa shape index (κ3) is 4.57. The minimum absolute atomic E-state index is 0.0676. The second-order valence-corrected chi connectivity index (χ2v) is 6.44. The topological polar surface area (TPSA) is 132 Å². The predicted octanol–water partition coefficient (Wildman–Crippen LogP) is 3.19. The molecule has 2 atom stereocenters. The van der Waals surface area contributed by atoms with Gasteiger partial charge in [-0.2, -0.15) is 5.10 Å². The summed E-state index contributed by atoms with van der Waals surface area (Å²) in [5.74, 6) is -0.840. The maximum absolute atomic E-state index is 13.8. The summed E-state index contributed by atoms with van der Waals surface area (Å²) >= 11 is 0. The molecule has 3 aromatic rings. The average molecular weight is 403 g/mol. The third-order valence-electron chi connectivity index (χ3n) is 4.14. The zero-order valence-corrected chi connectivity index (χ0v) is 15.6. The summed E-state index contributed by atoms with van der Waals surface area (Å²) in [4.78, 5) is 25.6. The van der Waals surface area contributed by atoms with E-state index < -0.39 is 28.9 Å². The normalized spacial score (nSPS) is 13.1. The number of rotatable bonds is 8. The lowest BCUT2D eigenvalue weighted by Crippen LogP contribution is -2.19. The van der Waals surface area contributed by atoms with E-state index >= 15 is 0 Å². The lowest BCUT2D eigenvalue weighted by Gasteiger charge is -2.21. The van der Waals surface area contributed by atoms with Gasteiger partial charge in [0.05, 0.1) is 17.4 Å². The van der Waals surface area contributed by atoms with Gasteiger partial charge < -0.3 is 15.2 Å². The van der Waals surface area contributed by atoms with Crippen LogP contribution < -0.4 is 10.1 Å². The maximum atomic E-state index is 13.8. The van der Waals surface area contributed by atoms with E-state index in [0.717, 1.165) is 6.20 Å². The molecule has 0 fully saturated rings. The van der Waals surface area contributed by atoms with Gasteiger partial charge in [0.1, 0.15) is 29.7 Å². The van der Waals surface area contributed by atoms with Gasteiger partial charge in [0, 0.05) is 11.8 Å². The highest BCUT2D eigenvalue weighted by molar-refractivity contribution is 5.67. The summed E-state index contributed by atoms with van der Waals surface area (Å²) in [6, 6.07) is 5.01. The number of carbonyl (C=O) groups is 1. The molecule has 10 nitrogen and oxygen atoms in total. The molecule has 3 rings (SSSR count). The Morgan fingerprint density at radius 3 is 2.86 bits per heavy atom. The van der Waals surface area contributed by atoms with Crippen molar-refractivity contribution in [2.75, 3.05) is 5.32 Å². The van der Waals surface area contributed by atoms with Crippen molar-refractivity contribution >= 4 is 23.1 Å². The molecule has 0 aliphatic carbocycles. The fraction of sp³-hybridized carbons (Fsp3) is 0.278. The number of benzene rings is 1. The van der Waals surface area contributed by atoms with E-state index in [2.05, 4.69) is 15.4 Å². The van der Waals surface area contributed by atoms with Crippen LogP contribution in [0.4, 0.5) is 15.9 Å². The molecule has 0 spiro atoms. The van der Waals surface area contributed by atoms with Gasteiger partial charge in [-0.3, -0.25) is 14.9 Å². The van der Waals surface area contributed by atoms with Crippen LogP contribution in [0.5, 0.6) is 5.75 Å². The molecule has 11 heteroatoms. The van der Waals surface area contributed by atoms with Crippen LogP contribution in [0.3, 0.4) is 0 Å².